The van der Waals surface area contributed by atoms with Gasteiger partial charge in [-0.1, -0.05) is 68.9 Å². The van der Waals surface area contributed by atoms with Crippen molar-refractivity contribution in [1.82, 2.24) is 9.97 Å². The predicted octanol–water partition coefficient (Wildman–Crippen LogP) is 5.22. The number of anilines is 3. The number of nitrogen functional groups attached to an aromatic ring is 1. The normalized spacial score (nSPS) is 19.0. The molecule has 0 aliphatic heterocycles. The van der Waals surface area contributed by atoms with Crippen molar-refractivity contribution in [2.75, 3.05) is 16.4 Å². The SMILES string of the molecule is Nc1c(NC2CCCCC2)nc(-c2ccccc2)nc1NC1CCCCC1. The van der Waals surface area contributed by atoms with Crippen molar-refractivity contribution in [1.29, 1.82) is 0 Å². The Morgan fingerprint density at radius 2 is 1.19 bits per heavy atom. The van der Waals surface area contributed by atoms with Gasteiger partial charge in [0.25, 0.3) is 0 Å². The Hall–Kier alpha value is -2.30. The molecule has 1 heterocycles. The fourth-order valence-corrected chi connectivity index (χ4v) is 4.29. The molecule has 1 aromatic carbocycles. The maximum atomic E-state index is 6.51. The van der Waals surface area contributed by atoms with Crippen molar-refractivity contribution in [3.8, 4) is 11.4 Å². The molecule has 2 saturated carbocycles. The molecule has 0 amide bonds. The number of hydrogen-bond donors (Lipinski definition) is 3. The topological polar surface area (TPSA) is 75.9 Å². The van der Waals surface area contributed by atoms with Crippen molar-refractivity contribution >= 4 is 17.3 Å². The fraction of sp³-hybridized carbons (Fsp3) is 0.545. The lowest BCUT2D eigenvalue weighted by molar-refractivity contribution is 0.460. The van der Waals surface area contributed by atoms with E-state index < -0.39 is 0 Å². The third kappa shape index (κ3) is 4.52. The van der Waals surface area contributed by atoms with E-state index in [2.05, 4.69) is 22.8 Å². The summed E-state index contributed by atoms with van der Waals surface area (Å²) in [5.74, 6) is 2.31. The summed E-state index contributed by atoms with van der Waals surface area (Å²) in [6.07, 6.45) is 12.5. The quantitative estimate of drug-likeness (QED) is 0.677. The van der Waals surface area contributed by atoms with E-state index in [1.807, 2.05) is 18.2 Å². The molecule has 0 bridgehead atoms. The number of nitrogens with zero attached hydrogens (tertiary/aromatic N) is 2. The van der Waals surface area contributed by atoms with Gasteiger partial charge < -0.3 is 16.4 Å². The minimum atomic E-state index is 0.460. The molecule has 0 unspecified atom stereocenters. The summed E-state index contributed by atoms with van der Waals surface area (Å²) >= 11 is 0. The van der Waals surface area contributed by atoms with E-state index in [9.17, 15) is 0 Å². The molecule has 2 aliphatic carbocycles. The fourth-order valence-electron chi connectivity index (χ4n) is 4.29. The van der Waals surface area contributed by atoms with Crippen LogP contribution >= 0.6 is 0 Å². The van der Waals surface area contributed by atoms with E-state index in [1.54, 1.807) is 0 Å². The number of rotatable bonds is 5. The Kier molecular flexibility index (Phi) is 5.75. The Labute approximate surface area is 162 Å². The summed E-state index contributed by atoms with van der Waals surface area (Å²) in [6, 6.07) is 11.1. The summed E-state index contributed by atoms with van der Waals surface area (Å²) in [6.45, 7) is 0. The highest BCUT2D eigenvalue weighted by Gasteiger charge is 2.21. The highest BCUT2D eigenvalue weighted by atomic mass is 15.1. The van der Waals surface area contributed by atoms with E-state index in [0.29, 0.717) is 17.8 Å². The Bertz CT molecular complexity index is 693. The lowest BCUT2D eigenvalue weighted by Crippen LogP contribution is -2.26. The molecule has 1 aromatic heterocycles. The highest BCUT2D eigenvalue weighted by molar-refractivity contribution is 5.78. The minimum absolute atomic E-state index is 0.460. The van der Waals surface area contributed by atoms with Gasteiger partial charge in [-0.2, -0.15) is 0 Å². The largest absolute Gasteiger partial charge is 0.393 e. The molecular weight excluding hydrogens is 334 g/mol. The first-order chi connectivity index (χ1) is 13.3. The molecule has 0 spiro atoms. The van der Waals surface area contributed by atoms with Crippen LogP contribution < -0.4 is 16.4 Å². The smallest absolute Gasteiger partial charge is 0.164 e. The van der Waals surface area contributed by atoms with Gasteiger partial charge in [-0.15, -0.1) is 0 Å². The lowest BCUT2D eigenvalue weighted by atomic mass is 9.95. The number of aromatic nitrogens is 2. The van der Waals surface area contributed by atoms with Gasteiger partial charge in [0.15, 0.2) is 17.5 Å². The second-order valence-corrected chi connectivity index (χ2v) is 7.98. The third-order valence-corrected chi connectivity index (χ3v) is 5.87. The van der Waals surface area contributed by atoms with Crippen LogP contribution in [-0.2, 0) is 0 Å². The van der Waals surface area contributed by atoms with Gasteiger partial charge in [0.2, 0.25) is 0 Å². The molecule has 27 heavy (non-hydrogen) atoms. The molecule has 0 radical (unpaired) electrons. The van der Waals surface area contributed by atoms with Gasteiger partial charge in [0, 0.05) is 17.6 Å². The summed E-state index contributed by atoms with van der Waals surface area (Å²) in [5.41, 5.74) is 8.20. The average Bonchev–Trinajstić information content (AvgIpc) is 2.73. The standard InChI is InChI=1S/C22H31N5/c23-19-21(24-17-12-6-2-7-13-17)26-20(16-10-4-1-5-11-16)27-22(19)25-18-14-8-3-9-15-18/h1,4-5,10-11,17-18H,2-3,6-9,12-15,23H2,(H2,24,25,26,27). The zero-order valence-electron chi connectivity index (χ0n) is 16.1. The minimum Gasteiger partial charge on any atom is -0.393 e. The predicted molar refractivity (Wildman–Crippen MR) is 113 cm³/mol. The van der Waals surface area contributed by atoms with Crippen LogP contribution in [0.4, 0.5) is 17.3 Å². The number of benzene rings is 1. The highest BCUT2D eigenvalue weighted by Crippen LogP contribution is 2.32. The van der Waals surface area contributed by atoms with Crippen LogP contribution in [0, 0.1) is 0 Å². The van der Waals surface area contributed by atoms with Crippen molar-refractivity contribution in [2.24, 2.45) is 0 Å². The summed E-state index contributed by atoms with van der Waals surface area (Å²) in [4.78, 5) is 9.61. The van der Waals surface area contributed by atoms with E-state index >= 15 is 0 Å². The van der Waals surface area contributed by atoms with Crippen LogP contribution in [0.15, 0.2) is 30.3 Å². The summed E-state index contributed by atoms with van der Waals surface area (Å²) in [7, 11) is 0. The van der Waals surface area contributed by atoms with Crippen molar-refractivity contribution in [3.05, 3.63) is 30.3 Å². The molecule has 0 atom stereocenters. The van der Waals surface area contributed by atoms with Crippen LogP contribution in [0.1, 0.15) is 64.2 Å². The third-order valence-electron chi connectivity index (χ3n) is 5.87. The monoisotopic (exact) mass is 365 g/mol. The lowest BCUT2D eigenvalue weighted by Gasteiger charge is -2.27. The van der Waals surface area contributed by atoms with E-state index in [0.717, 1.165) is 23.0 Å². The molecule has 5 heteroatoms. The second-order valence-electron chi connectivity index (χ2n) is 7.98. The van der Waals surface area contributed by atoms with Crippen molar-refractivity contribution < 1.29 is 0 Å². The Morgan fingerprint density at radius 3 is 1.67 bits per heavy atom. The van der Waals surface area contributed by atoms with E-state index in [-0.39, 0.29) is 0 Å². The van der Waals surface area contributed by atoms with Crippen molar-refractivity contribution in [3.63, 3.8) is 0 Å². The maximum Gasteiger partial charge on any atom is 0.164 e. The van der Waals surface area contributed by atoms with Crippen LogP contribution in [0.5, 0.6) is 0 Å². The summed E-state index contributed by atoms with van der Waals surface area (Å²) < 4.78 is 0. The first kappa shape index (κ1) is 18.1. The maximum absolute atomic E-state index is 6.51. The van der Waals surface area contributed by atoms with Gasteiger partial charge in [0.05, 0.1) is 0 Å². The van der Waals surface area contributed by atoms with Gasteiger partial charge in [-0.25, -0.2) is 9.97 Å². The van der Waals surface area contributed by atoms with Crippen LogP contribution in [0.2, 0.25) is 0 Å². The number of nitrogens with two attached hydrogens (primary N) is 1. The van der Waals surface area contributed by atoms with Crippen LogP contribution in [0.25, 0.3) is 11.4 Å². The molecule has 2 fully saturated rings. The number of nitrogens with one attached hydrogen (secondary N) is 2. The molecule has 4 rings (SSSR count). The summed E-state index contributed by atoms with van der Waals surface area (Å²) in [5, 5.41) is 7.24. The zero-order chi connectivity index (χ0) is 18.5. The van der Waals surface area contributed by atoms with E-state index in [4.69, 9.17) is 15.7 Å². The second kappa shape index (κ2) is 8.59. The molecule has 2 aromatic rings. The van der Waals surface area contributed by atoms with Gasteiger partial charge in [-0.3, -0.25) is 0 Å². The molecular formula is C22H31N5. The molecule has 2 aliphatic rings. The van der Waals surface area contributed by atoms with Crippen LogP contribution in [0.3, 0.4) is 0 Å². The molecule has 4 N–H and O–H groups in total. The average molecular weight is 366 g/mol. The first-order valence-corrected chi connectivity index (χ1v) is 10.6. The zero-order valence-corrected chi connectivity index (χ0v) is 16.1. The molecule has 5 nitrogen and oxygen atoms in total. The number of hydrogen-bond acceptors (Lipinski definition) is 5. The van der Waals surface area contributed by atoms with Gasteiger partial charge in [0.1, 0.15) is 5.69 Å². The first-order valence-electron chi connectivity index (χ1n) is 10.6. The van der Waals surface area contributed by atoms with E-state index in [1.165, 1.54) is 64.2 Å². The molecule has 0 saturated heterocycles. The van der Waals surface area contributed by atoms with Gasteiger partial charge >= 0.3 is 0 Å². The van der Waals surface area contributed by atoms with Crippen LogP contribution in [-0.4, -0.2) is 22.1 Å². The Morgan fingerprint density at radius 1 is 0.704 bits per heavy atom. The Balaban J connectivity index is 1.64. The van der Waals surface area contributed by atoms with Crippen molar-refractivity contribution in [2.45, 2.75) is 76.3 Å². The molecule has 144 valence electrons. The van der Waals surface area contributed by atoms with Gasteiger partial charge in [-0.05, 0) is 25.7 Å².